The van der Waals surface area contributed by atoms with E-state index in [0.717, 1.165) is 20.8 Å². The summed E-state index contributed by atoms with van der Waals surface area (Å²) in [6.07, 6.45) is 0. The molecular formula is C12H14N2OS2. The number of hydrogen-bond acceptors (Lipinski definition) is 5. The minimum Gasteiger partial charge on any atom is -0.496 e. The van der Waals surface area contributed by atoms with E-state index in [1.807, 2.05) is 13.0 Å². The third kappa shape index (κ3) is 3.20. The molecule has 0 fully saturated rings. The molecule has 0 atom stereocenters. The van der Waals surface area contributed by atoms with Crippen LogP contribution in [0.4, 0.5) is 0 Å². The lowest BCUT2D eigenvalue weighted by molar-refractivity contribution is 0.411. The van der Waals surface area contributed by atoms with E-state index in [4.69, 9.17) is 4.74 Å². The van der Waals surface area contributed by atoms with Crippen molar-refractivity contribution in [1.29, 1.82) is 0 Å². The Morgan fingerprint density at radius 1 is 1.29 bits per heavy atom. The number of nitrogens with zero attached hydrogens (tertiary/aromatic N) is 2. The predicted molar refractivity (Wildman–Crippen MR) is 71.9 cm³/mol. The zero-order chi connectivity index (χ0) is 12.3. The number of rotatable bonds is 4. The van der Waals surface area contributed by atoms with E-state index in [0.29, 0.717) is 0 Å². The van der Waals surface area contributed by atoms with Crippen LogP contribution in [0.1, 0.15) is 16.1 Å². The lowest BCUT2D eigenvalue weighted by atomic mass is 10.1. The molecule has 0 bridgehead atoms. The molecule has 1 heterocycles. The van der Waals surface area contributed by atoms with Gasteiger partial charge in [-0.25, -0.2) is 0 Å². The maximum absolute atomic E-state index is 5.35. The second kappa shape index (κ2) is 5.51. The zero-order valence-corrected chi connectivity index (χ0v) is 11.7. The zero-order valence-electron chi connectivity index (χ0n) is 10.1. The molecule has 0 aliphatic carbocycles. The lowest BCUT2D eigenvalue weighted by Gasteiger charge is -2.08. The Balaban J connectivity index is 2.10. The molecule has 0 saturated carbocycles. The molecule has 0 amide bonds. The fourth-order valence-corrected chi connectivity index (χ4v) is 3.29. The Labute approximate surface area is 109 Å². The van der Waals surface area contributed by atoms with Crippen molar-refractivity contribution in [2.75, 3.05) is 7.11 Å². The second-order valence-electron chi connectivity index (χ2n) is 3.69. The van der Waals surface area contributed by atoms with Crippen molar-refractivity contribution in [2.45, 2.75) is 23.9 Å². The molecular weight excluding hydrogens is 252 g/mol. The van der Waals surface area contributed by atoms with Crippen molar-refractivity contribution in [3.8, 4) is 5.75 Å². The number of thioether (sulfide) groups is 1. The van der Waals surface area contributed by atoms with Crippen molar-refractivity contribution in [2.24, 2.45) is 0 Å². The molecule has 2 aromatic rings. The topological polar surface area (TPSA) is 35.0 Å². The van der Waals surface area contributed by atoms with Gasteiger partial charge in [-0.15, -0.1) is 10.2 Å². The first-order valence-corrected chi connectivity index (χ1v) is 7.05. The van der Waals surface area contributed by atoms with E-state index in [1.165, 1.54) is 11.1 Å². The summed E-state index contributed by atoms with van der Waals surface area (Å²) in [6, 6.07) is 6.22. The van der Waals surface area contributed by atoms with Crippen LogP contribution in [0.15, 0.2) is 22.5 Å². The van der Waals surface area contributed by atoms with Crippen LogP contribution in [0.5, 0.6) is 5.75 Å². The number of benzene rings is 1. The highest BCUT2D eigenvalue weighted by Gasteiger charge is 2.06. The smallest absolute Gasteiger partial charge is 0.174 e. The molecule has 90 valence electrons. The summed E-state index contributed by atoms with van der Waals surface area (Å²) in [5.41, 5.74) is 2.44. The number of ether oxygens (including phenoxy) is 1. The first-order chi connectivity index (χ1) is 8.19. The molecule has 1 aromatic heterocycles. The van der Waals surface area contributed by atoms with Crippen molar-refractivity contribution in [1.82, 2.24) is 10.2 Å². The van der Waals surface area contributed by atoms with E-state index in [-0.39, 0.29) is 0 Å². The minimum absolute atomic E-state index is 0.861. The summed E-state index contributed by atoms with van der Waals surface area (Å²) in [6.45, 7) is 4.05. The normalized spacial score (nSPS) is 10.5. The summed E-state index contributed by atoms with van der Waals surface area (Å²) < 4.78 is 6.35. The van der Waals surface area contributed by atoms with E-state index in [9.17, 15) is 0 Å². The predicted octanol–water partition coefficient (Wildman–Crippen LogP) is 3.46. The largest absolute Gasteiger partial charge is 0.496 e. The summed E-state index contributed by atoms with van der Waals surface area (Å²) in [5.74, 6) is 1.80. The van der Waals surface area contributed by atoms with Crippen LogP contribution < -0.4 is 4.74 Å². The van der Waals surface area contributed by atoms with Crippen LogP contribution >= 0.6 is 23.1 Å². The van der Waals surface area contributed by atoms with Crippen molar-refractivity contribution >= 4 is 23.1 Å². The van der Waals surface area contributed by atoms with E-state index >= 15 is 0 Å². The van der Waals surface area contributed by atoms with Gasteiger partial charge in [0.05, 0.1) is 7.11 Å². The molecule has 2 rings (SSSR count). The quantitative estimate of drug-likeness (QED) is 0.794. The molecule has 0 spiro atoms. The van der Waals surface area contributed by atoms with Crippen LogP contribution in [0.3, 0.4) is 0 Å². The highest BCUT2D eigenvalue weighted by Crippen LogP contribution is 2.30. The summed E-state index contributed by atoms with van der Waals surface area (Å²) in [4.78, 5) is 0. The lowest BCUT2D eigenvalue weighted by Crippen LogP contribution is -1.91. The summed E-state index contributed by atoms with van der Waals surface area (Å²) in [7, 11) is 1.70. The van der Waals surface area contributed by atoms with Gasteiger partial charge in [-0.2, -0.15) is 0 Å². The van der Waals surface area contributed by atoms with Gasteiger partial charge in [0.1, 0.15) is 10.8 Å². The monoisotopic (exact) mass is 266 g/mol. The third-order valence-electron chi connectivity index (χ3n) is 2.29. The van der Waals surface area contributed by atoms with Gasteiger partial charge in [0.25, 0.3) is 0 Å². The minimum atomic E-state index is 0.861. The van der Waals surface area contributed by atoms with E-state index in [2.05, 4.69) is 29.3 Å². The molecule has 0 radical (unpaired) electrons. The van der Waals surface area contributed by atoms with Crippen LogP contribution in [0, 0.1) is 13.8 Å². The van der Waals surface area contributed by atoms with Crippen molar-refractivity contribution in [3.63, 3.8) is 0 Å². The fourth-order valence-electron chi connectivity index (χ4n) is 1.50. The molecule has 0 unspecified atom stereocenters. The summed E-state index contributed by atoms with van der Waals surface area (Å²) in [5, 5.41) is 9.11. The maximum Gasteiger partial charge on any atom is 0.174 e. The average Bonchev–Trinajstić information content (AvgIpc) is 2.73. The molecule has 5 heteroatoms. The Morgan fingerprint density at radius 2 is 2.12 bits per heavy atom. The van der Waals surface area contributed by atoms with Gasteiger partial charge in [0, 0.05) is 11.3 Å². The second-order valence-corrected chi connectivity index (χ2v) is 6.10. The van der Waals surface area contributed by atoms with Gasteiger partial charge in [0.15, 0.2) is 4.34 Å². The number of methoxy groups -OCH3 is 1. The van der Waals surface area contributed by atoms with Crippen LogP contribution in [-0.4, -0.2) is 17.3 Å². The molecule has 0 saturated heterocycles. The highest BCUT2D eigenvalue weighted by molar-refractivity contribution is 8.00. The Hall–Kier alpha value is -1.07. The fraction of sp³-hybridized carbons (Fsp3) is 0.333. The summed E-state index contributed by atoms with van der Waals surface area (Å²) >= 11 is 3.32. The molecule has 17 heavy (non-hydrogen) atoms. The van der Waals surface area contributed by atoms with Gasteiger partial charge >= 0.3 is 0 Å². The SMILES string of the molecule is COc1ccc(C)cc1CSc1nnc(C)s1. The molecule has 0 N–H and O–H groups in total. The van der Waals surface area contributed by atoms with Crippen LogP contribution in [0.2, 0.25) is 0 Å². The third-order valence-corrected chi connectivity index (χ3v) is 4.32. The first kappa shape index (κ1) is 12.4. The molecule has 0 aliphatic heterocycles. The van der Waals surface area contributed by atoms with Gasteiger partial charge in [-0.3, -0.25) is 0 Å². The first-order valence-electron chi connectivity index (χ1n) is 5.25. The molecule has 0 aliphatic rings. The number of hydrogen-bond donors (Lipinski definition) is 0. The van der Waals surface area contributed by atoms with Gasteiger partial charge in [-0.1, -0.05) is 40.8 Å². The van der Waals surface area contributed by atoms with Crippen molar-refractivity contribution in [3.05, 3.63) is 34.3 Å². The van der Waals surface area contributed by atoms with E-state index < -0.39 is 0 Å². The van der Waals surface area contributed by atoms with Gasteiger partial charge in [0.2, 0.25) is 0 Å². The van der Waals surface area contributed by atoms with Crippen LogP contribution in [-0.2, 0) is 5.75 Å². The van der Waals surface area contributed by atoms with E-state index in [1.54, 1.807) is 30.2 Å². The van der Waals surface area contributed by atoms with Gasteiger partial charge < -0.3 is 4.74 Å². The van der Waals surface area contributed by atoms with Gasteiger partial charge in [-0.05, 0) is 19.9 Å². The number of aryl methyl sites for hydroxylation is 2. The van der Waals surface area contributed by atoms with Crippen molar-refractivity contribution < 1.29 is 4.74 Å². The average molecular weight is 266 g/mol. The Bertz CT molecular complexity index is 511. The number of aromatic nitrogens is 2. The Morgan fingerprint density at radius 3 is 2.76 bits per heavy atom. The Kier molecular flexibility index (Phi) is 4.02. The van der Waals surface area contributed by atoms with Crippen LogP contribution in [0.25, 0.3) is 0 Å². The molecule has 1 aromatic carbocycles. The highest BCUT2D eigenvalue weighted by atomic mass is 32.2. The molecule has 3 nitrogen and oxygen atoms in total. The maximum atomic E-state index is 5.35. The standard InChI is InChI=1S/C12H14N2OS2/c1-8-4-5-11(15-3)10(6-8)7-16-12-14-13-9(2)17-12/h4-6H,7H2,1-3H3.